The monoisotopic (exact) mass is 338 g/mol. The van der Waals surface area contributed by atoms with Crippen molar-refractivity contribution in [1.29, 1.82) is 0 Å². The van der Waals surface area contributed by atoms with Gasteiger partial charge in [-0.3, -0.25) is 4.79 Å². The molecule has 3 N–H and O–H groups in total. The average molecular weight is 339 g/mol. The average Bonchev–Trinajstić information content (AvgIpc) is 2.40. The van der Waals surface area contributed by atoms with E-state index in [4.69, 9.17) is 10.5 Å². The second kappa shape index (κ2) is 5.92. The highest BCUT2D eigenvalue weighted by Crippen LogP contribution is 2.23. The third-order valence-corrected chi connectivity index (χ3v) is 3.16. The largest absolute Gasteiger partial charge is 0.494 e. The van der Waals surface area contributed by atoms with E-state index in [0.717, 1.165) is 4.47 Å². The van der Waals surface area contributed by atoms with E-state index in [2.05, 4.69) is 21.2 Å². The topological polar surface area (TPSA) is 64.3 Å². The Labute approximate surface area is 123 Å². The lowest BCUT2D eigenvalue weighted by Crippen LogP contribution is -2.14. The van der Waals surface area contributed by atoms with Crippen molar-refractivity contribution in [3.63, 3.8) is 0 Å². The Hall–Kier alpha value is -2.08. The minimum absolute atomic E-state index is 0.0616. The fourth-order valence-corrected chi connectivity index (χ4v) is 2.06. The third-order valence-electron chi connectivity index (χ3n) is 2.67. The fourth-order valence-electron chi connectivity index (χ4n) is 1.68. The van der Waals surface area contributed by atoms with E-state index in [0.29, 0.717) is 16.9 Å². The number of hydrogen-bond donors (Lipinski definition) is 2. The molecular formula is C14H12BrFN2O2. The van der Waals surface area contributed by atoms with Gasteiger partial charge in [0.2, 0.25) is 0 Å². The summed E-state index contributed by atoms with van der Waals surface area (Å²) in [4.78, 5) is 12.1. The van der Waals surface area contributed by atoms with Crippen LogP contribution in [0.3, 0.4) is 0 Å². The van der Waals surface area contributed by atoms with Gasteiger partial charge in [0.25, 0.3) is 5.91 Å². The summed E-state index contributed by atoms with van der Waals surface area (Å²) < 4.78 is 18.9. The minimum Gasteiger partial charge on any atom is -0.494 e. The van der Waals surface area contributed by atoms with Crippen LogP contribution in [-0.4, -0.2) is 13.0 Å². The molecule has 0 unspecified atom stereocenters. The van der Waals surface area contributed by atoms with Crippen LogP contribution in [0.1, 0.15) is 10.4 Å². The third kappa shape index (κ3) is 3.08. The zero-order chi connectivity index (χ0) is 14.7. The summed E-state index contributed by atoms with van der Waals surface area (Å²) >= 11 is 3.27. The van der Waals surface area contributed by atoms with Gasteiger partial charge in [0.05, 0.1) is 12.7 Å². The Kier molecular flexibility index (Phi) is 4.24. The molecule has 0 bridgehead atoms. The molecule has 6 heteroatoms. The number of nitrogen functional groups attached to an aromatic ring is 1. The lowest BCUT2D eigenvalue weighted by atomic mass is 10.1. The van der Waals surface area contributed by atoms with Gasteiger partial charge in [0.1, 0.15) is 0 Å². The number of methoxy groups -OCH3 is 1. The van der Waals surface area contributed by atoms with Gasteiger partial charge in [-0.15, -0.1) is 0 Å². The number of rotatable bonds is 3. The van der Waals surface area contributed by atoms with E-state index in [1.807, 2.05) is 0 Å². The molecule has 1 amide bonds. The van der Waals surface area contributed by atoms with Crippen molar-refractivity contribution < 1.29 is 13.9 Å². The maximum absolute atomic E-state index is 13.3. The molecule has 0 aromatic heterocycles. The number of benzene rings is 2. The summed E-state index contributed by atoms with van der Waals surface area (Å²) in [6.45, 7) is 0. The number of carbonyl (C=O) groups is 1. The van der Waals surface area contributed by atoms with Gasteiger partial charge in [-0.05, 0) is 30.3 Å². The number of anilines is 2. The maximum Gasteiger partial charge on any atom is 0.257 e. The summed E-state index contributed by atoms with van der Waals surface area (Å²) in [5.74, 6) is -0.802. The summed E-state index contributed by atoms with van der Waals surface area (Å²) in [5, 5.41) is 2.64. The van der Waals surface area contributed by atoms with Crippen LogP contribution in [0.25, 0.3) is 0 Å². The smallest absolute Gasteiger partial charge is 0.257 e. The van der Waals surface area contributed by atoms with Gasteiger partial charge in [-0.2, -0.15) is 0 Å². The van der Waals surface area contributed by atoms with Crippen molar-refractivity contribution in [1.82, 2.24) is 0 Å². The molecule has 0 spiro atoms. The van der Waals surface area contributed by atoms with E-state index >= 15 is 0 Å². The van der Waals surface area contributed by atoms with Crippen LogP contribution >= 0.6 is 15.9 Å². The highest BCUT2D eigenvalue weighted by atomic mass is 79.9. The molecule has 0 saturated carbocycles. The molecule has 0 radical (unpaired) electrons. The zero-order valence-corrected chi connectivity index (χ0v) is 12.2. The van der Waals surface area contributed by atoms with Crippen LogP contribution in [0.15, 0.2) is 40.9 Å². The van der Waals surface area contributed by atoms with Crippen molar-refractivity contribution >= 4 is 33.2 Å². The number of halogens is 2. The molecule has 0 fully saturated rings. The van der Waals surface area contributed by atoms with Crippen LogP contribution in [0, 0.1) is 5.82 Å². The van der Waals surface area contributed by atoms with Gasteiger partial charge in [0, 0.05) is 21.9 Å². The van der Waals surface area contributed by atoms with E-state index in [-0.39, 0.29) is 11.7 Å². The molecule has 0 heterocycles. The van der Waals surface area contributed by atoms with Crippen LogP contribution < -0.4 is 15.8 Å². The van der Waals surface area contributed by atoms with Crippen molar-refractivity contribution in [3.8, 4) is 5.75 Å². The van der Waals surface area contributed by atoms with Crippen molar-refractivity contribution in [2.45, 2.75) is 0 Å². The highest BCUT2D eigenvalue weighted by Gasteiger charge is 2.11. The Morgan fingerprint density at radius 3 is 2.70 bits per heavy atom. The molecule has 0 aliphatic carbocycles. The van der Waals surface area contributed by atoms with Crippen LogP contribution in [-0.2, 0) is 0 Å². The summed E-state index contributed by atoms with van der Waals surface area (Å²) in [6, 6.07) is 9.04. The number of hydrogen-bond acceptors (Lipinski definition) is 3. The fraction of sp³-hybridized carbons (Fsp3) is 0.0714. The quantitative estimate of drug-likeness (QED) is 0.842. The van der Waals surface area contributed by atoms with Gasteiger partial charge in [-0.1, -0.05) is 15.9 Å². The molecule has 4 nitrogen and oxygen atoms in total. The number of ether oxygens (including phenoxy) is 1. The Bertz CT molecular complexity index is 662. The van der Waals surface area contributed by atoms with Gasteiger partial charge < -0.3 is 15.8 Å². The Morgan fingerprint density at radius 1 is 1.30 bits per heavy atom. The van der Waals surface area contributed by atoms with Crippen molar-refractivity contribution in [2.75, 3.05) is 18.2 Å². The molecule has 20 heavy (non-hydrogen) atoms. The molecule has 2 aromatic rings. The molecule has 0 saturated heterocycles. The second-order valence-corrected chi connectivity index (χ2v) is 4.95. The zero-order valence-electron chi connectivity index (χ0n) is 10.6. The predicted octanol–water partition coefficient (Wildman–Crippen LogP) is 3.43. The summed E-state index contributed by atoms with van der Waals surface area (Å²) in [7, 11) is 1.36. The lowest BCUT2D eigenvalue weighted by molar-refractivity contribution is 0.102. The second-order valence-electron chi connectivity index (χ2n) is 4.04. The number of nitrogens with two attached hydrogens (primary N) is 1. The molecule has 104 valence electrons. The summed E-state index contributed by atoms with van der Waals surface area (Å²) in [6.07, 6.45) is 0. The number of amides is 1. The van der Waals surface area contributed by atoms with Gasteiger partial charge in [-0.25, -0.2) is 4.39 Å². The SMILES string of the molecule is COc1cc(NC(=O)c2ccc(Br)cc2N)ccc1F. The standard InChI is InChI=1S/C14H12BrFN2O2/c1-20-13-7-9(3-5-11(13)16)18-14(19)10-4-2-8(15)6-12(10)17/h2-7H,17H2,1H3,(H,18,19). The first-order valence-electron chi connectivity index (χ1n) is 5.71. The van der Waals surface area contributed by atoms with Crippen LogP contribution in [0.2, 0.25) is 0 Å². The van der Waals surface area contributed by atoms with E-state index < -0.39 is 5.82 Å². The van der Waals surface area contributed by atoms with Gasteiger partial charge >= 0.3 is 0 Å². The van der Waals surface area contributed by atoms with Crippen molar-refractivity contribution in [2.24, 2.45) is 0 Å². The highest BCUT2D eigenvalue weighted by molar-refractivity contribution is 9.10. The summed E-state index contributed by atoms with van der Waals surface area (Å²) in [5.41, 5.74) is 6.90. The van der Waals surface area contributed by atoms with E-state index in [1.54, 1.807) is 18.2 Å². The molecule has 2 aromatic carbocycles. The van der Waals surface area contributed by atoms with Crippen LogP contribution in [0.4, 0.5) is 15.8 Å². The predicted molar refractivity (Wildman–Crippen MR) is 79.5 cm³/mol. The molecule has 2 rings (SSSR count). The van der Waals surface area contributed by atoms with Crippen molar-refractivity contribution in [3.05, 3.63) is 52.3 Å². The van der Waals surface area contributed by atoms with Gasteiger partial charge in [0.15, 0.2) is 11.6 Å². The first-order chi connectivity index (χ1) is 9.51. The number of nitrogens with one attached hydrogen (secondary N) is 1. The van der Waals surface area contributed by atoms with Crippen LogP contribution in [0.5, 0.6) is 5.75 Å². The van der Waals surface area contributed by atoms with E-state index in [9.17, 15) is 9.18 Å². The molecular weight excluding hydrogens is 327 g/mol. The minimum atomic E-state index is -0.492. The number of carbonyl (C=O) groups excluding carboxylic acids is 1. The Morgan fingerprint density at radius 2 is 2.05 bits per heavy atom. The first kappa shape index (κ1) is 14.3. The van der Waals surface area contributed by atoms with E-state index in [1.165, 1.54) is 25.3 Å². The molecule has 0 aliphatic heterocycles. The first-order valence-corrected chi connectivity index (χ1v) is 6.50. The normalized spacial score (nSPS) is 10.2. The maximum atomic E-state index is 13.3. The Balaban J connectivity index is 2.23. The molecule has 0 aliphatic rings. The lowest BCUT2D eigenvalue weighted by Gasteiger charge is -2.09. The molecule has 0 atom stereocenters.